The molecule has 1 unspecified atom stereocenters. The van der Waals surface area contributed by atoms with Crippen LogP contribution >= 0.6 is 11.3 Å². The number of aliphatic hydroxyl groups is 1. The average molecular weight is 522 g/mol. The van der Waals surface area contributed by atoms with Crippen molar-refractivity contribution in [3.8, 4) is 10.4 Å². The lowest BCUT2D eigenvalue weighted by Gasteiger charge is -2.45. The number of nitrogens with zero attached hydrogens (tertiary/aromatic N) is 2. The molecule has 1 atom stereocenters. The molecule has 0 spiro atoms. The number of carbonyl (C=O) groups is 1. The Hall–Kier alpha value is -2.95. The fourth-order valence-electron chi connectivity index (χ4n) is 4.92. The number of carbonyl (C=O) groups excluding carboxylic acids is 1. The van der Waals surface area contributed by atoms with Gasteiger partial charge in [-0.25, -0.2) is 0 Å². The molecule has 0 bridgehead atoms. The molecular weight excluding hydrogens is 486 g/mol. The van der Waals surface area contributed by atoms with E-state index in [9.17, 15) is 9.90 Å². The van der Waals surface area contributed by atoms with E-state index >= 15 is 0 Å². The summed E-state index contributed by atoms with van der Waals surface area (Å²) < 4.78 is 5.40. The highest BCUT2D eigenvalue weighted by Gasteiger charge is 2.34. The molecule has 1 amide bonds. The lowest BCUT2D eigenvalue weighted by Crippen LogP contribution is -2.57. The summed E-state index contributed by atoms with van der Waals surface area (Å²) in [4.78, 5) is 18.3. The summed E-state index contributed by atoms with van der Waals surface area (Å²) in [6.07, 6.45) is 1.28. The molecule has 0 aliphatic carbocycles. The number of aliphatic hydroxyl groups excluding tert-OH is 1. The molecule has 196 valence electrons. The quantitative estimate of drug-likeness (QED) is 0.347. The lowest BCUT2D eigenvalue weighted by molar-refractivity contribution is -0.146. The Morgan fingerprint density at radius 3 is 2.43 bits per heavy atom. The number of thiophene rings is 1. The van der Waals surface area contributed by atoms with E-state index in [0.29, 0.717) is 30.2 Å². The third-order valence-electron chi connectivity index (χ3n) is 7.30. The maximum absolute atomic E-state index is 12.9. The fraction of sp³-hybridized carbons (Fsp3) is 0.393. The SMILES string of the molecule is CC1(Nc2ccc(C(=O)Nc3cc(-c4cccs4)ccc3N)cc2)CCN(C(O)N2CCOCC2)CC1. The first kappa shape index (κ1) is 25.7. The minimum Gasteiger partial charge on any atom is -0.397 e. The zero-order chi connectivity index (χ0) is 25.8. The van der Waals surface area contributed by atoms with Crippen molar-refractivity contribution >= 4 is 34.3 Å². The van der Waals surface area contributed by atoms with E-state index in [1.165, 1.54) is 0 Å². The number of anilines is 3. The van der Waals surface area contributed by atoms with Gasteiger partial charge in [0.15, 0.2) is 6.35 Å². The van der Waals surface area contributed by atoms with Crippen molar-refractivity contribution in [2.45, 2.75) is 31.7 Å². The number of nitrogen functional groups attached to an aromatic ring is 1. The first-order valence-electron chi connectivity index (χ1n) is 12.8. The molecule has 2 saturated heterocycles. The van der Waals surface area contributed by atoms with Gasteiger partial charge in [0.2, 0.25) is 0 Å². The van der Waals surface area contributed by atoms with Crippen LogP contribution in [-0.4, -0.2) is 72.1 Å². The van der Waals surface area contributed by atoms with Crippen molar-refractivity contribution in [3.05, 3.63) is 65.5 Å². The Morgan fingerprint density at radius 2 is 1.76 bits per heavy atom. The lowest BCUT2D eigenvalue weighted by atomic mass is 9.89. The second-order valence-corrected chi connectivity index (χ2v) is 11.0. The summed E-state index contributed by atoms with van der Waals surface area (Å²) >= 11 is 1.65. The van der Waals surface area contributed by atoms with Crippen LogP contribution < -0.4 is 16.4 Å². The topological polar surface area (TPSA) is 103 Å². The highest BCUT2D eigenvalue weighted by atomic mass is 32.1. The number of nitrogens with two attached hydrogens (primary N) is 1. The molecule has 2 fully saturated rings. The van der Waals surface area contributed by atoms with Gasteiger partial charge in [-0.3, -0.25) is 14.6 Å². The summed E-state index contributed by atoms with van der Waals surface area (Å²) in [7, 11) is 0. The highest BCUT2D eigenvalue weighted by Crippen LogP contribution is 2.31. The number of hydrogen-bond acceptors (Lipinski definition) is 8. The third kappa shape index (κ3) is 6.14. The van der Waals surface area contributed by atoms with E-state index in [-0.39, 0.29) is 11.4 Å². The summed E-state index contributed by atoms with van der Waals surface area (Å²) in [6.45, 7) is 6.72. The Kier molecular flexibility index (Phi) is 7.78. The van der Waals surface area contributed by atoms with E-state index in [0.717, 1.165) is 55.1 Å². The van der Waals surface area contributed by atoms with Crippen LogP contribution in [0.5, 0.6) is 0 Å². The van der Waals surface area contributed by atoms with Crippen molar-refractivity contribution in [3.63, 3.8) is 0 Å². The van der Waals surface area contributed by atoms with Gasteiger partial charge < -0.3 is 26.2 Å². The van der Waals surface area contributed by atoms with Crippen LogP contribution in [-0.2, 0) is 4.74 Å². The molecule has 0 radical (unpaired) electrons. The van der Waals surface area contributed by atoms with Gasteiger partial charge in [0.25, 0.3) is 5.91 Å². The number of rotatable bonds is 7. The first-order valence-corrected chi connectivity index (χ1v) is 13.7. The smallest absolute Gasteiger partial charge is 0.255 e. The zero-order valence-corrected chi connectivity index (χ0v) is 22.0. The summed E-state index contributed by atoms with van der Waals surface area (Å²) in [5, 5.41) is 19.4. The van der Waals surface area contributed by atoms with Gasteiger partial charge in [0.1, 0.15) is 0 Å². The molecule has 2 aliphatic heterocycles. The standard InChI is InChI=1S/C28H35N5O3S/c1-28(10-12-32(13-11-28)27(35)33-14-16-36-17-15-33)31-22-7-4-20(5-8-22)26(34)30-24-19-21(6-9-23(24)29)25-3-2-18-37-25/h2-9,18-19,27,31,35H,10-17,29H2,1H3,(H,30,34). The monoisotopic (exact) mass is 521 g/mol. The maximum Gasteiger partial charge on any atom is 0.255 e. The van der Waals surface area contributed by atoms with Crippen LogP contribution in [0, 0.1) is 0 Å². The second kappa shape index (κ2) is 11.2. The molecule has 2 aromatic carbocycles. The number of piperidine rings is 1. The Balaban J connectivity index is 1.17. The molecule has 2 aliphatic rings. The van der Waals surface area contributed by atoms with E-state index in [4.69, 9.17) is 10.5 Å². The Morgan fingerprint density at radius 1 is 1.05 bits per heavy atom. The molecule has 8 nitrogen and oxygen atoms in total. The largest absolute Gasteiger partial charge is 0.397 e. The fourth-order valence-corrected chi connectivity index (χ4v) is 5.65. The van der Waals surface area contributed by atoms with Crippen LogP contribution in [0.15, 0.2) is 60.0 Å². The van der Waals surface area contributed by atoms with E-state index < -0.39 is 6.35 Å². The molecule has 1 aromatic heterocycles. The predicted molar refractivity (Wildman–Crippen MR) is 150 cm³/mol. The number of ether oxygens (including phenoxy) is 1. The minimum atomic E-state index is -0.550. The molecule has 3 heterocycles. The van der Waals surface area contributed by atoms with E-state index in [1.54, 1.807) is 11.3 Å². The molecule has 5 N–H and O–H groups in total. The van der Waals surface area contributed by atoms with Gasteiger partial charge in [0, 0.05) is 47.8 Å². The normalized spacial score (nSPS) is 19.3. The maximum atomic E-state index is 12.9. The van der Waals surface area contributed by atoms with E-state index in [1.807, 2.05) is 60.0 Å². The van der Waals surface area contributed by atoms with Crippen molar-refractivity contribution in [2.24, 2.45) is 0 Å². The van der Waals surface area contributed by atoms with Gasteiger partial charge in [-0.2, -0.15) is 0 Å². The molecule has 9 heteroatoms. The zero-order valence-electron chi connectivity index (χ0n) is 21.2. The van der Waals surface area contributed by atoms with Gasteiger partial charge in [0.05, 0.1) is 24.6 Å². The number of hydrogen-bond donors (Lipinski definition) is 4. The van der Waals surface area contributed by atoms with Gasteiger partial charge in [-0.15, -0.1) is 11.3 Å². The number of benzene rings is 2. The van der Waals surface area contributed by atoms with Crippen LogP contribution in [0.4, 0.5) is 17.1 Å². The number of morpholine rings is 1. The molecular formula is C28H35N5O3S. The predicted octanol–water partition coefficient (Wildman–Crippen LogP) is 4.12. The third-order valence-corrected chi connectivity index (χ3v) is 8.22. The van der Waals surface area contributed by atoms with Gasteiger partial charge in [-0.05, 0) is 73.2 Å². The van der Waals surface area contributed by atoms with Crippen LogP contribution in [0.2, 0.25) is 0 Å². The number of amides is 1. The van der Waals surface area contributed by atoms with Crippen LogP contribution in [0.3, 0.4) is 0 Å². The molecule has 5 rings (SSSR count). The van der Waals surface area contributed by atoms with Crippen molar-refractivity contribution in [1.82, 2.24) is 9.80 Å². The van der Waals surface area contributed by atoms with Crippen LogP contribution in [0.25, 0.3) is 10.4 Å². The molecule has 0 saturated carbocycles. The second-order valence-electron chi connectivity index (χ2n) is 10.0. The summed E-state index contributed by atoms with van der Waals surface area (Å²) in [6, 6.07) is 17.3. The van der Waals surface area contributed by atoms with Gasteiger partial charge >= 0.3 is 0 Å². The van der Waals surface area contributed by atoms with Gasteiger partial charge in [-0.1, -0.05) is 12.1 Å². The summed E-state index contributed by atoms with van der Waals surface area (Å²) in [5.41, 5.74) is 9.76. The van der Waals surface area contributed by atoms with Crippen molar-refractivity contribution in [1.29, 1.82) is 0 Å². The highest BCUT2D eigenvalue weighted by molar-refractivity contribution is 7.13. The average Bonchev–Trinajstić information content (AvgIpc) is 3.46. The van der Waals surface area contributed by atoms with E-state index in [2.05, 4.69) is 27.4 Å². The Bertz CT molecular complexity index is 1190. The number of nitrogens with one attached hydrogen (secondary N) is 2. The first-order chi connectivity index (χ1) is 17.9. The Labute approximate surface area is 222 Å². The summed E-state index contributed by atoms with van der Waals surface area (Å²) in [5.74, 6) is -0.196. The molecule has 3 aromatic rings. The van der Waals surface area contributed by atoms with Crippen molar-refractivity contribution < 1.29 is 14.6 Å². The number of likely N-dealkylation sites (tertiary alicyclic amines) is 1. The van der Waals surface area contributed by atoms with Crippen LogP contribution in [0.1, 0.15) is 30.1 Å². The van der Waals surface area contributed by atoms with Crippen molar-refractivity contribution in [2.75, 3.05) is 55.8 Å². The molecule has 37 heavy (non-hydrogen) atoms. The minimum absolute atomic E-state index is 0.0817.